The van der Waals surface area contributed by atoms with Crippen molar-refractivity contribution in [3.05, 3.63) is 70.2 Å². The minimum Gasteiger partial charge on any atom is -0.375 e. The number of hydrogen-bond donors (Lipinski definition) is 2. The Kier molecular flexibility index (Phi) is 3.76. The molecule has 0 saturated heterocycles. The average Bonchev–Trinajstić information content (AvgIpc) is 3.05. The fourth-order valence-electron chi connectivity index (χ4n) is 3.11. The summed E-state index contributed by atoms with van der Waals surface area (Å²) in [6.07, 6.45) is 0. The number of aromatic nitrogens is 3. The SMILES string of the molecule is Cc1cc(NC(C)c2nc3ccccc3[nH]2)c2cccc([N+](=O)[O-])c2n1. The summed E-state index contributed by atoms with van der Waals surface area (Å²) in [5.74, 6) is 0.805. The van der Waals surface area contributed by atoms with E-state index in [0.717, 1.165) is 22.5 Å². The molecule has 7 heteroatoms. The van der Waals surface area contributed by atoms with Crippen LogP contribution >= 0.6 is 0 Å². The van der Waals surface area contributed by atoms with E-state index in [0.29, 0.717) is 16.6 Å². The van der Waals surface area contributed by atoms with Gasteiger partial charge in [-0.2, -0.15) is 0 Å². The number of non-ortho nitro benzene ring substituents is 1. The quantitative estimate of drug-likeness (QED) is 0.418. The predicted octanol–water partition coefficient (Wildman–Crippen LogP) is 4.50. The monoisotopic (exact) mass is 347 g/mol. The van der Waals surface area contributed by atoms with Gasteiger partial charge in [-0.15, -0.1) is 0 Å². The Balaban J connectivity index is 1.76. The van der Waals surface area contributed by atoms with Crippen LogP contribution in [0.5, 0.6) is 0 Å². The Morgan fingerprint density at radius 2 is 1.96 bits per heavy atom. The summed E-state index contributed by atoms with van der Waals surface area (Å²) in [6, 6.07) is 14.6. The van der Waals surface area contributed by atoms with E-state index in [1.807, 2.05) is 50.2 Å². The maximum Gasteiger partial charge on any atom is 0.295 e. The van der Waals surface area contributed by atoms with Gasteiger partial charge in [0.15, 0.2) is 5.52 Å². The number of pyridine rings is 1. The number of nitro groups is 1. The first-order valence-corrected chi connectivity index (χ1v) is 8.29. The van der Waals surface area contributed by atoms with Crippen LogP contribution in [0.2, 0.25) is 0 Å². The molecule has 2 aromatic carbocycles. The lowest BCUT2D eigenvalue weighted by atomic mass is 10.1. The van der Waals surface area contributed by atoms with Crippen LogP contribution in [0.25, 0.3) is 21.9 Å². The Labute approximate surface area is 149 Å². The van der Waals surface area contributed by atoms with Crippen molar-refractivity contribution in [3.63, 3.8) is 0 Å². The van der Waals surface area contributed by atoms with Gasteiger partial charge in [0.1, 0.15) is 5.82 Å². The van der Waals surface area contributed by atoms with E-state index in [9.17, 15) is 10.1 Å². The molecule has 2 N–H and O–H groups in total. The zero-order chi connectivity index (χ0) is 18.3. The van der Waals surface area contributed by atoms with E-state index in [2.05, 4.69) is 20.3 Å². The van der Waals surface area contributed by atoms with Gasteiger partial charge in [0.25, 0.3) is 5.69 Å². The number of anilines is 1. The maximum atomic E-state index is 11.3. The smallest absolute Gasteiger partial charge is 0.295 e. The first-order chi connectivity index (χ1) is 12.5. The maximum absolute atomic E-state index is 11.3. The van der Waals surface area contributed by atoms with Crippen molar-refractivity contribution in [1.29, 1.82) is 0 Å². The number of hydrogen-bond acceptors (Lipinski definition) is 5. The second kappa shape index (κ2) is 6.11. The molecule has 0 amide bonds. The van der Waals surface area contributed by atoms with E-state index < -0.39 is 4.92 Å². The lowest BCUT2D eigenvalue weighted by molar-refractivity contribution is -0.383. The number of aryl methyl sites for hydroxylation is 1. The van der Waals surface area contributed by atoms with Crippen molar-refractivity contribution in [3.8, 4) is 0 Å². The Morgan fingerprint density at radius 1 is 1.15 bits per heavy atom. The van der Waals surface area contributed by atoms with Gasteiger partial charge in [0.05, 0.1) is 22.0 Å². The highest BCUT2D eigenvalue weighted by molar-refractivity contribution is 5.96. The molecule has 26 heavy (non-hydrogen) atoms. The van der Waals surface area contributed by atoms with Crippen molar-refractivity contribution >= 4 is 33.3 Å². The van der Waals surface area contributed by atoms with Crippen LogP contribution in [0.4, 0.5) is 11.4 Å². The van der Waals surface area contributed by atoms with Crippen LogP contribution in [-0.2, 0) is 0 Å². The van der Waals surface area contributed by atoms with E-state index in [-0.39, 0.29) is 11.7 Å². The number of H-pyrrole nitrogens is 1. The van der Waals surface area contributed by atoms with Gasteiger partial charge >= 0.3 is 0 Å². The van der Waals surface area contributed by atoms with Gasteiger partial charge in [0.2, 0.25) is 0 Å². The summed E-state index contributed by atoms with van der Waals surface area (Å²) in [6.45, 7) is 3.82. The van der Waals surface area contributed by atoms with E-state index >= 15 is 0 Å². The molecule has 0 bridgehead atoms. The molecule has 0 spiro atoms. The number of nitrogens with zero attached hydrogens (tertiary/aromatic N) is 3. The molecular weight excluding hydrogens is 330 g/mol. The highest BCUT2D eigenvalue weighted by Gasteiger charge is 2.18. The fourth-order valence-corrected chi connectivity index (χ4v) is 3.11. The summed E-state index contributed by atoms with van der Waals surface area (Å²) >= 11 is 0. The second-order valence-corrected chi connectivity index (χ2v) is 6.25. The minimum absolute atomic E-state index is 0.00522. The minimum atomic E-state index is -0.402. The molecular formula is C19H17N5O2. The molecule has 2 aromatic heterocycles. The Bertz CT molecular complexity index is 1100. The van der Waals surface area contributed by atoms with E-state index in [4.69, 9.17) is 0 Å². The number of benzene rings is 2. The van der Waals surface area contributed by atoms with Gasteiger partial charge < -0.3 is 10.3 Å². The lowest BCUT2D eigenvalue weighted by Crippen LogP contribution is -2.09. The number of aromatic amines is 1. The topological polar surface area (TPSA) is 96.7 Å². The summed E-state index contributed by atoms with van der Waals surface area (Å²) < 4.78 is 0. The van der Waals surface area contributed by atoms with Crippen LogP contribution in [0.3, 0.4) is 0 Å². The zero-order valence-electron chi connectivity index (χ0n) is 14.4. The first kappa shape index (κ1) is 16.0. The molecule has 0 aliphatic heterocycles. The molecule has 1 atom stereocenters. The molecule has 0 fully saturated rings. The molecule has 1 unspecified atom stereocenters. The summed E-state index contributed by atoms with van der Waals surface area (Å²) in [5.41, 5.74) is 3.78. The first-order valence-electron chi connectivity index (χ1n) is 8.29. The highest BCUT2D eigenvalue weighted by Crippen LogP contribution is 2.31. The van der Waals surface area contributed by atoms with Crippen molar-refractivity contribution in [2.24, 2.45) is 0 Å². The summed E-state index contributed by atoms with van der Waals surface area (Å²) in [5, 5.41) is 15.4. The normalized spacial score (nSPS) is 12.4. The van der Waals surface area contributed by atoms with Gasteiger partial charge in [0, 0.05) is 22.8 Å². The molecule has 0 aliphatic rings. The molecule has 4 rings (SSSR count). The van der Waals surface area contributed by atoms with Gasteiger partial charge in [-0.3, -0.25) is 10.1 Å². The van der Waals surface area contributed by atoms with Crippen LogP contribution in [0, 0.1) is 17.0 Å². The molecule has 2 heterocycles. The molecule has 0 saturated carbocycles. The number of nitro benzene ring substituents is 1. The molecule has 7 nitrogen and oxygen atoms in total. The second-order valence-electron chi connectivity index (χ2n) is 6.25. The van der Waals surface area contributed by atoms with E-state index in [1.54, 1.807) is 6.07 Å². The Morgan fingerprint density at radius 3 is 2.73 bits per heavy atom. The summed E-state index contributed by atoms with van der Waals surface area (Å²) in [7, 11) is 0. The highest BCUT2D eigenvalue weighted by atomic mass is 16.6. The molecule has 4 aromatic rings. The van der Waals surface area contributed by atoms with Crippen LogP contribution < -0.4 is 5.32 Å². The standard InChI is InChI=1S/C19H17N5O2/c1-11-10-16(13-6-5-9-17(24(25)26)18(13)20-11)21-12(2)19-22-14-7-3-4-8-15(14)23-19/h3-10,12H,1-2H3,(H,20,21)(H,22,23). The van der Waals surface area contributed by atoms with Crippen molar-refractivity contribution in [1.82, 2.24) is 15.0 Å². The van der Waals surface area contributed by atoms with Crippen LogP contribution in [0.1, 0.15) is 24.5 Å². The van der Waals surface area contributed by atoms with Crippen LogP contribution in [-0.4, -0.2) is 19.9 Å². The lowest BCUT2D eigenvalue weighted by Gasteiger charge is -2.15. The number of nitrogens with one attached hydrogen (secondary N) is 2. The predicted molar refractivity (Wildman–Crippen MR) is 101 cm³/mol. The van der Waals surface area contributed by atoms with Crippen LogP contribution in [0.15, 0.2) is 48.5 Å². The van der Waals surface area contributed by atoms with Gasteiger partial charge in [-0.25, -0.2) is 9.97 Å². The Hall–Kier alpha value is -3.48. The van der Waals surface area contributed by atoms with Gasteiger partial charge in [-0.1, -0.05) is 24.3 Å². The largest absolute Gasteiger partial charge is 0.375 e. The summed E-state index contributed by atoms with van der Waals surface area (Å²) in [4.78, 5) is 23.2. The third-order valence-corrected chi connectivity index (χ3v) is 4.33. The number of imidazole rings is 1. The average molecular weight is 347 g/mol. The number of rotatable bonds is 4. The van der Waals surface area contributed by atoms with Crippen molar-refractivity contribution < 1.29 is 4.92 Å². The van der Waals surface area contributed by atoms with Gasteiger partial charge in [-0.05, 0) is 32.0 Å². The van der Waals surface area contributed by atoms with Crippen molar-refractivity contribution in [2.75, 3.05) is 5.32 Å². The molecule has 0 radical (unpaired) electrons. The third-order valence-electron chi connectivity index (χ3n) is 4.33. The fraction of sp³-hybridized carbons (Fsp3) is 0.158. The molecule has 0 aliphatic carbocycles. The van der Waals surface area contributed by atoms with Crippen molar-refractivity contribution in [2.45, 2.75) is 19.9 Å². The van der Waals surface area contributed by atoms with E-state index in [1.165, 1.54) is 6.07 Å². The number of para-hydroxylation sites is 3. The third kappa shape index (κ3) is 2.73. The number of fused-ring (bicyclic) bond motifs is 2. The zero-order valence-corrected chi connectivity index (χ0v) is 14.4. The molecule has 130 valence electrons.